The van der Waals surface area contributed by atoms with Crippen molar-refractivity contribution in [1.82, 2.24) is 4.90 Å². The van der Waals surface area contributed by atoms with Crippen LogP contribution in [0.25, 0.3) is 0 Å². The predicted octanol–water partition coefficient (Wildman–Crippen LogP) is 5.16. The molecule has 1 aromatic heterocycles. The van der Waals surface area contributed by atoms with Gasteiger partial charge in [0.1, 0.15) is 12.4 Å². The van der Waals surface area contributed by atoms with Crippen LogP contribution in [0.2, 0.25) is 5.02 Å². The van der Waals surface area contributed by atoms with Gasteiger partial charge < -0.3 is 9.64 Å². The predicted molar refractivity (Wildman–Crippen MR) is 99.1 cm³/mol. The van der Waals surface area contributed by atoms with E-state index < -0.39 is 0 Å². The van der Waals surface area contributed by atoms with Crippen LogP contribution in [-0.2, 0) is 6.61 Å². The van der Waals surface area contributed by atoms with Crippen molar-refractivity contribution in [3.8, 4) is 5.75 Å². The van der Waals surface area contributed by atoms with E-state index in [0.29, 0.717) is 11.6 Å². The van der Waals surface area contributed by atoms with E-state index in [1.54, 1.807) is 0 Å². The summed E-state index contributed by atoms with van der Waals surface area (Å²) in [5, 5.41) is 2.71. The molecule has 3 nitrogen and oxygen atoms in total. The van der Waals surface area contributed by atoms with E-state index in [4.69, 9.17) is 16.3 Å². The SMILES string of the molecule is Cc1cc(Cl)ccc1OCc1csc(C(=O)N2CCC(C)CC2)c1. The normalized spacial score (nSPS) is 15.5. The second kappa shape index (κ2) is 7.58. The van der Waals surface area contributed by atoms with Crippen LogP contribution in [0.5, 0.6) is 5.75 Å². The number of hydrogen-bond donors (Lipinski definition) is 0. The van der Waals surface area contributed by atoms with Crippen LogP contribution < -0.4 is 4.74 Å². The van der Waals surface area contributed by atoms with E-state index in [2.05, 4.69) is 6.92 Å². The van der Waals surface area contributed by atoms with E-state index >= 15 is 0 Å². The van der Waals surface area contributed by atoms with Crippen LogP contribution in [0.3, 0.4) is 0 Å². The Morgan fingerprint density at radius 3 is 2.79 bits per heavy atom. The van der Waals surface area contributed by atoms with Gasteiger partial charge in [0, 0.05) is 23.7 Å². The Balaban J connectivity index is 1.60. The lowest BCUT2D eigenvalue weighted by Crippen LogP contribution is -2.37. The standard InChI is InChI=1S/C19H22ClNO2S/c1-13-5-7-21(8-6-13)19(22)18-10-15(12-24-18)11-23-17-4-3-16(20)9-14(17)2/h3-4,9-10,12-13H,5-8,11H2,1-2H3. The highest BCUT2D eigenvalue weighted by Gasteiger charge is 2.22. The van der Waals surface area contributed by atoms with Gasteiger partial charge in [-0.3, -0.25) is 4.79 Å². The first kappa shape index (κ1) is 17.3. The maximum absolute atomic E-state index is 12.6. The third-order valence-corrected chi connectivity index (χ3v) is 5.67. The minimum Gasteiger partial charge on any atom is -0.489 e. The third kappa shape index (κ3) is 4.11. The quantitative estimate of drug-likeness (QED) is 0.750. The van der Waals surface area contributed by atoms with Crippen molar-refractivity contribution in [2.45, 2.75) is 33.3 Å². The molecule has 1 aliphatic heterocycles. The minimum absolute atomic E-state index is 0.154. The molecule has 1 amide bonds. The molecule has 0 N–H and O–H groups in total. The van der Waals surface area contributed by atoms with Crippen LogP contribution >= 0.6 is 22.9 Å². The molecule has 3 rings (SSSR count). The molecule has 0 radical (unpaired) electrons. The molecular formula is C19H22ClNO2S. The van der Waals surface area contributed by atoms with E-state index in [9.17, 15) is 4.79 Å². The molecule has 128 valence electrons. The lowest BCUT2D eigenvalue weighted by atomic mass is 9.99. The smallest absolute Gasteiger partial charge is 0.263 e. The van der Waals surface area contributed by atoms with Crippen LogP contribution in [0.15, 0.2) is 29.6 Å². The monoisotopic (exact) mass is 363 g/mol. The van der Waals surface area contributed by atoms with Gasteiger partial charge in [0.25, 0.3) is 5.91 Å². The number of halogens is 1. The number of likely N-dealkylation sites (tertiary alicyclic amines) is 1. The Morgan fingerprint density at radius 1 is 1.33 bits per heavy atom. The summed E-state index contributed by atoms with van der Waals surface area (Å²) in [4.78, 5) is 15.3. The van der Waals surface area contributed by atoms with Crippen molar-refractivity contribution in [3.63, 3.8) is 0 Å². The second-order valence-corrected chi connectivity index (χ2v) is 7.84. The first-order valence-corrected chi connectivity index (χ1v) is 9.54. The summed E-state index contributed by atoms with van der Waals surface area (Å²) in [6.07, 6.45) is 2.20. The van der Waals surface area contributed by atoms with Crippen LogP contribution in [0.4, 0.5) is 0 Å². The van der Waals surface area contributed by atoms with Crippen molar-refractivity contribution in [1.29, 1.82) is 0 Å². The van der Waals surface area contributed by atoms with E-state index in [1.165, 1.54) is 11.3 Å². The van der Waals surface area contributed by atoms with Crippen molar-refractivity contribution in [2.75, 3.05) is 13.1 Å². The molecule has 0 bridgehead atoms. The van der Waals surface area contributed by atoms with Crippen LogP contribution in [0.1, 0.15) is 40.6 Å². The fourth-order valence-electron chi connectivity index (χ4n) is 2.87. The number of carbonyl (C=O) groups excluding carboxylic acids is 1. The molecule has 1 saturated heterocycles. The fraction of sp³-hybridized carbons (Fsp3) is 0.421. The van der Waals surface area contributed by atoms with E-state index in [0.717, 1.165) is 53.6 Å². The molecule has 5 heteroatoms. The molecule has 1 aromatic carbocycles. The van der Waals surface area contributed by atoms with Crippen molar-refractivity contribution >= 4 is 28.8 Å². The van der Waals surface area contributed by atoms with Gasteiger partial charge >= 0.3 is 0 Å². The number of ether oxygens (including phenoxy) is 1. The van der Waals surface area contributed by atoms with Crippen LogP contribution in [0, 0.1) is 12.8 Å². The fourth-order valence-corrected chi connectivity index (χ4v) is 3.96. The molecule has 1 fully saturated rings. The molecule has 0 atom stereocenters. The average molecular weight is 364 g/mol. The second-order valence-electron chi connectivity index (χ2n) is 6.49. The number of aryl methyl sites for hydroxylation is 1. The first-order chi connectivity index (χ1) is 11.5. The summed E-state index contributed by atoms with van der Waals surface area (Å²) < 4.78 is 5.85. The highest BCUT2D eigenvalue weighted by Crippen LogP contribution is 2.25. The Kier molecular flexibility index (Phi) is 5.47. The van der Waals surface area contributed by atoms with E-state index in [1.807, 2.05) is 41.5 Å². The molecular weight excluding hydrogens is 342 g/mol. The van der Waals surface area contributed by atoms with Gasteiger partial charge in [0.15, 0.2) is 0 Å². The summed E-state index contributed by atoms with van der Waals surface area (Å²) in [5.74, 6) is 1.70. The van der Waals surface area contributed by atoms with Crippen molar-refractivity contribution < 1.29 is 9.53 Å². The molecule has 0 aliphatic carbocycles. The average Bonchev–Trinajstić information content (AvgIpc) is 3.03. The van der Waals surface area contributed by atoms with Gasteiger partial charge in [0.05, 0.1) is 4.88 Å². The van der Waals surface area contributed by atoms with Gasteiger partial charge in [0.2, 0.25) is 0 Å². The van der Waals surface area contributed by atoms with Crippen molar-refractivity contribution in [2.24, 2.45) is 5.92 Å². The highest BCUT2D eigenvalue weighted by atomic mass is 35.5. The summed E-state index contributed by atoms with van der Waals surface area (Å²) in [7, 11) is 0. The Bertz CT molecular complexity index is 720. The zero-order valence-corrected chi connectivity index (χ0v) is 15.6. The summed E-state index contributed by atoms with van der Waals surface area (Å²) in [5.41, 5.74) is 2.04. The summed E-state index contributed by atoms with van der Waals surface area (Å²) >= 11 is 7.46. The maximum atomic E-state index is 12.6. The van der Waals surface area contributed by atoms with Gasteiger partial charge in [-0.05, 0) is 60.9 Å². The lowest BCUT2D eigenvalue weighted by molar-refractivity contribution is 0.0702. The van der Waals surface area contributed by atoms with Crippen LogP contribution in [-0.4, -0.2) is 23.9 Å². The number of amides is 1. The number of nitrogens with zero attached hydrogens (tertiary/aromatic N) is 1. The first-order valence-electron chi connectivity index (χ1n) is 8.28. The molecule has 24 heavy (non-hydrogen) atoms. The Hall–Kier alpha value is -1.52. The number of benzene rings is 1. The highest BCUT2D eigenvalue weighted by molar-refractivity contribution is 7.12. The number of piperidine rings is 1. The molecule has 2 heterocycles. The summed E-state index contributed by atoms with van der Waals surface area (Å²) in [6.45, 7) is 6.42. The number of rotatable bonds is 4. The van der Waals surface area contributed by atoms with E-state index in [-0.39, 0.29) is 5.91 Å². The van der Waals surface area contributed by atoms with Crippen molar-refractivity contribution in [3.05, 3.63) is 50.7 Å². The molecule has 0 spiro atoms. The number of thiophene rings is 1. The Labute approximate surface area is 152 Å². The number of hydrogen-bond acceptors (Lipinski definition) is 3. The minimum atomic E-state index is 0.154. The molecule has 2 aromatic rings. The maximum Gasteiger partial charge on any atom is 0.263 e. The van der Waals surface area contributed by atoms with Gasteiger partial charge in [-0.2, -0.15) is 0 Å². The zero-order chi connectivity index (χ0) is 17.1. The molecule has 1 aliphatic rings. The summed E-state index contributed by atoms with van der Waals surface area (Å²) in [6, 6.07) is 7.54. The largest absolute Gasteiger partial charge is 0.489 e. The lowest BCUT2D eigenvalue weighted by Gasteiger charge is -2.29. The number of carbonyl (C=O) groups is 1. The van der Waals surface area contributed by atoms with Gasteiger partial charge in [-0.1, -0.05) is 18.5 Å². The Morgan fingerprint density at radius 2 is 2.08 bits per heavy atom. The zero-order valence-electron chi connectivity index (χ0n) is 14.0. The molecule has 0 saturated carbocycles. The molecule has 0 unspecified atom stereocenters. The topological polar surface area (TPSA) is 29.5 Å². The van der Waals surface area contributed by atoms with Gasteiger partial charge in [-0.15, -0.1) is 11.3 Å². The third-order valence-electron chi connectivity index (χ3n) is 4.47. The van der Waals surface area contributed by atoms with Gasteiger partial charge in [-0.25, -0.2) is 0 Å².